The minimum absolute atomic E-state index is 0.0521. The largest absolute Gasteiger partial charge is 0.494 e. The van der Waals surface area contributed by atoms with Crippen LogP contribution in [-0.4, -0.2) is 47.0 Å². The molecular weight excluding hydrogens is 482 g/mol. The lowest BCUT2D eigenvalue weighted by atomic mass is 9.86. The van der Waals surface area contributed by atoms with Crippen molar-refractivity contribution in [3.8, 4) is 17.2 Å². The summed E-state index contributed by atoms with van der Waals surface area (Å²) in [4.78, 5) is 53.5. The van der Waals surface area contributed by atoms with E-state index in [1.54, 1.807) is 42.5 Å². The number of anilines is 1. The molecule has 3 aliphatic rings. The number of nitrogens with zero attached hydrogens (tertiary/aromatic N) is 3. The van der Waals surface area contributed by atoms with E-state index < -0.39 is 40.4 Å². The molecule has 3 aromatic carbocycles. The summed E-state index contributed by atoms with van der Waals surface area (Å²) >= 11 is 0. The number of hydrogen-bond acceptors (Lipinski definition) is 8. The number of fused-ring (bicyclic) bond motifs is 2. The maximum Gasteiger partial charge on any atom is 0.282 e. The molecule has 1 fully saturated rings. The Morgan fingerprint density at radius 2 is 1.70 bits per heavy atom. The second-order valence-corrected chi connectivity index (χ2v) is 8.57. The molecule has 11 heteroatoms. The van der Waals surface area contributed by atoms with Crippen LogP contribution in [0.2, 0.25) is 0 Å². The van der Waals surface area contributed by atoms with Crippen LogP contribution < -0.4 is 19.1 Å². The van der Waals surface area contributed by atoms with Crippen molar-refractivity contribution in [2.75, 3.05) is 18.3 Å². The van der Waals surface area contributed by atoms with Crippen LogP contribution in [0, 0.1) is 10.1 Å². The van der Waals surface area contributed by atoms with E-state index in [4.69, 9.17) is 14.2 Å². The molecule has 6 rings (SSSR count). The number of rotatable bonds is 6. The first-order valence-electron chi connectivity index (χ1n) is 11.5. The second-order valence-electron chi connectivity index (χ2n) is 8.57. The summed E-state index contributed by atoms with van der Waals surface area (Å²) in [5, 5.41) is 11.6. The summed E-state index contributed by atoms with van der Waals surface area (Å²) in [5.74, 6) is -0.482. The Morgan fingerprint density at radius 3 is 2.43 bits per heavy atom. The van der Waals surface area contributed by atoms with Gasteiger partial charge in [0, 0.05) is 11.8 Å². The van der Waals surface area contributed by atoms with Gasteiger partial charge in [0.05, 0.1) is 23.1 Å². The first kappa shape index (κ1) is 22.5. The molecule has 11 nitrogen and oxygen atoms in total. The molecule has 0 radical (unpaired) electrons. The van der Waals surface area contributed by atoms with E-state index in [9.17, 15) is 24.5 Å². The van der Waals surface area contributed by atoms with Crippen LogP contribution in [0.1, 0.15) is 39.2 Å². The highest BCUT2D eigenvalue weighted by Gasteiger charge is 2.58. The van der Waals surface area contributed by atoms with Gasteiger partial charge in [-0.05, 0) is 55.0 Å². The van der Waals surface area contributed by atoms with E-state index in [0.717, 1.165) is 11.0 Å². The minimum atomic E-state index is -1.21. The van der Waals surface area contributed by atoms with Crippen molar-refractivity contribution in [1.82, 2.24) is 4.90 Å². The van der Waals surface area contributed by atoms with Gasteiger partial charge >= 0.3 is 0 Å². The first-order chi connectivity index (χ1) is 17.9. The van der Waals surface area contributed by atoms with Crippen molar-refractivity contribution >= 4 is 29.1 Å². The van der Waals surface area contributed by atoms with Crippen molar-refractivity contribution in [3.63, 3.8) is 0 Å². The van der Waals surface area contributed by atoms with E-state index in [2.05, 4.69) is 0 Å². The standard InChI is InChI=1S/C26H19N3O8/c1-2-35-16-9-7-15(8-10-16)27-22(14-6-11-19-20(12-14)37-13-36-19)23(26(27)32)28-24(30)17-4-3-5-18(29(33)34)21(17)25(28)31/h3-12,22-23H,2,13H2,1H3. The van der Waals surface area contributed by atoms with Gasteiger partial charge in [0.25, 0.3) is 23.4 Å². The summed E-state index contributed by atoms with van der Waals surface area (Å²) in [6.07, 6.45) is 0. The van der Waals surface area contributed by atoms with Gasteiger partial charge in [-0.3, -0.25) is 29.4 Å². The van der Waals surface area contributed by atoms with Crippen molar-refractivity contribution in [2.45, 2.75) is 19.0 Å². The lowest BCUT2D eigenvalue weighted by molar-refractivity contribution is -0.385. The predicted molar refractivity (Wildman–Crippen MR) is 128 cm³/mol. The number of nitro groups is 1. The Kier molecular flexibility index (Phi) is 5.07. The fraction of sp³-hybridized carbons (Fsp3) is 0.192. The number of benzene rings is 3. The second kappa shape index (κ2) is 8.33. The van der Waals surface area contributed by atoms with E-state index >= 15 is 0 Å². The van der Waals surface area contributed by atoms with Gasteiger partial charge in [0.2, 0.25) is 6.79 Å². The fourth-order valence-electron chi connectivity index (χ4n) is 5.00. The Balaban J connectivity index is 1.43. The molecule has 1 saturated heterocycles. The van der Waals surface area contributed by atoms with Crippen molar-refractivity contribution in [3.05, 3.63) is 87.5 Å². The zero-order chi connectivity index (χ0) is 25.8. The molecule has 0 saturated carbocycles. The normalized spacial score (nSPS) is 19.6. The third-order valence-corrected chi connectivity index (χ3v) is 6.63. The number of hydrogen-bond donors (Lipinski definition) is 0. The highest BCUT2D eigenvalue weighted by Crippen LogP contribution is 2.47. The van der Waals surface area contributed by atoms with Crippen LogP contribution in [-0.2, 0) is 4.79 Å². The SMILES string of the molecule is CCOc1ccc(N2C(=O)C(N3C(=O)c4cccc([N+](=O)[O-])c4C3=O)C2c2ccc3c(c2)OCO3)cc1. The Morgan fingerprint density at radius 1 is 0.946 bits per heavy atom. The molecule has 0 bridgehead atoms. The molecule has 3 heterocycles. The number of nitro benzene ring substituents is 1. The van der Waals surface area contributed by atoms with Crippen LogP contribution in [0.3, 0.4) is 0 Å². The highest BCUT2D eigenvalue weighted by atomic mass is 16.7. The lowest BCUT2D eigenvalue weighted by Crippen LogP contribution is -2.67. The Hall–Kier alpha value is -4.93. The Bertz CT molecular complexity index is 1490. The highest BCUT2D eigenvalue weighted by molar-refractivity contribution is 6.26. The molecule has 0 spiro atoms. The summed E-state index contributed by atoms with van der Waals surface area (Å²) in [6, 6.07) is 13.9. The first-order valence-corrected chi connectivity index (χ1v) is 11.5. The summed E-state index contributed by atoms with van der Waals surface area (Å²) in [5.41, 5.74) is 0.252. The predicted octanol–water partition coefficient (Wildman–Crippen LogP) is 3.47. The topological polar surface area (TPSA) is 129 Å². The van der Waals surface area contributed by atoms with E-state index in [-0.39, 0.29) is 17.9 Å². The third kappa shape index (κ3) is 3.31. The zero-order valence-electron chi connectivity index (χ0n) is 19.5. The van der Waals surface area contributed by atoms with Gasteiger partial charge < -0.3 is 19.1 Å². The number of carbonyl (C=O) groups is 3. The number of amides is 3. The molecule has 2 unspecified atom stereocenters. The third-order valence-electron chi connectivity index (χ3n) is 6.63. The molecule has 186 valence electrons. The molecule has 0 N–H and O–H groups in total. The van der Waals surface area contributed by atoms with Crippen LogP contribution in [0.25, 0.3) is 0 Å². The fourth-order valence-corrected chi connectivity index (χ4v) is 5.00. The van der Waals surface area contributed by atoms with Crippen molar-refractivity contribution < 1.29 is 33.5 Å². The van der Waals surface area contributed by atoms with Crippen LogP contribution in [0.5, 0.6) is 17.2 Å². The van der Waals surface area contributed by atoms with Gasteiger partial charge in [-0.15, -0.1) is 0 Å². The average Bonchev–Trinajstić information content (AvgIpc) is 3.46. The maximum absolute atomic E-state index is 13.6. The minimum Gasteiger partial charge on any atom is -0.494 e. The molecule has 37 heavy (non-hydrogen) atoms. The van der Waals surface area contributed by atoms with Gasteiger partial charge in [-0.25, -0.2) is 0 Å². The summed E-state index contributed by atoms with van der Waals surface area (Å²) < 4.78 is 16.4. The number of imide groups is 1. The monoisotopic (exact) mass is 501 g/mol. The molecule has 3 aromatic rings. The van der Waals surface area contributed by atoms with Crippen LogP contribution in [0.4, 0.5) is 11.4 Å². The van der Waals surface area contributed by atoms with Crippen LogP contribution in [0.15, 0.2) is 60.7 Å². The van der Waals surface area contributed by atoms with Gasteiger partial charge in [0.15, 0.2) is 11.5 Å². The van der Waals surface area contributed by atoms with Crippen molar-refractivity contribution in [2.24, 2.45) is 0 Å². The van der Waals surface area contributed by atoms with E-state index in [1.165, 1.54) is 17.0 Å². The lowest BCUT2D eigenvalue weighted by Gasteiger charge is -2.49. The quantitative estimate of drug-likeness (QED) is 0.217. The molecule has 0 aromatic heterocycles. The summed E-state index contributed by atoms with van der Waals surface area (Å²) in [7, 11) is 0. The molecule has 0 aliphatic carbocycles. The maximum atomic E-state index is 13.6. The van der Waals surface area contributed by atoms with Crippen LogP contribution >= 0.6 is 0 Å². The van der Waals surface area contributed by atoms with Crippen molar-refractivity contribution in [1.29, 1.82) is 0 Å². The molecule has 2 atom stereocenters. The van der Waals surface area contributed by atoms with E-state index in [1.807, 2.05) is 6.92 Å². The number of β-lactam (4-membered cyclic amide) rings is 1. The van der Waals surface area contributed by atoms with Gasteiger partial charge in [-0.2, -0.15) is 0 Å². The Labute approximate surface area is 209 Å². The smallest absolute Gasteiger partial charge is 0.282 e. The molecular formula is C26H19N3O8. The van der Waals surface area contributed by atoms with Gasteiger partial charge in [0.1, 0.15) is 17.4 Å². The average molecular weight is 501 g/mol. The van der Waals surface area contributed by atoms with Gasteiger partial charge in [-0.1, -0.05) is 12.1 Å². The van der Waals surface area contributed by atoms with E-state index in [0.29, 0.717) is 35.1 Å². The summed E-state index contributed by atoms with van der Waals surface area (Å²) in [6.45, 7) is 2.39. The molecule has 3 amide bonds. The molecule has 3 aliphatic heterocycles. The zero-order valence-corrected chi connectivity index (χ0v) is 19.5. The number of ether oxygens (including phenoxy) is 3. The number of carbonyl (C=O) groups excluding carboxylic acids is 3.